The molecule has 0 aliphatic rings. The first-order valence-corrected chi connectivity index (χ1v) is 11.3. The van der Waals surface area contributed by atoms with Crippen LogP contribution in [0.4, 0.5) is 10.5 Å². The van der Waals surface area contributed by atoms with Crippen LogP contribution >= 0.6 is 0 Å². The number of hydrogen-bond donors (Lipinski definition) is 2. The molecular weight excluding hydrogens is 454 g/mol. The van der Waals surface area contributed by atoms with E-state index in [0.29, 0.717) is 17.1 Å². The number of benzene rings is 5. The molecule has 6 nitrogen and oxygen atoms in total. The van der Waals surface area contributed by atoms with Crippen molar-refractivity contribution < 1.29 is 24.2 Å². The average Bonchev–Trinajstić information content (AvgIpc) is 2.91. The molecule has 0 saturated heterocycles. The fourth-order valence-electron chi connectivity index (χ4n) is 4.25. The zero-order valence-electron chi connectivity index (χ0n) is 19.1. The Morgan fingerprint density at radius 2 is 1.44 bits per heavy atom. The zero-order valence-corrected chi connectivity index (χ0v) is 19.1. The van der Waals surface area contributed by atoms with Crippen molar-refractivity contribution in [2.45, 2.75) is 6.61 Å². The van der Waals surface area contributed by atoms with Crippen LogP contribution in [0.1, 0.15) is 31.8 Å². The van der Waals surface area contributed by atoms with Gasteiger partial charge in [0.25, 0.3) is 0 Å². The molecule has 5 rings (SSSR count). The highest BCUT2D eigenvalue weighted by molar-refractivity contribution is 6.23. The summed E-state index contributed by atoms with van der Waals surface area (Å²) in [5, 5.41) is 16.0. The third-order valence-electron chi connectivity index (χ3n) is 5.99. The van der Waals surface area contributed by atoms with Crippen molar-refractivity contribution in [3.63, 3.8) is 0 Å². The molecule has 0 saturated carbocycles. The first kappa shape index (κ1) is 22.8. The Balaban J connectivity index is 1.57. The molecule has 0 radical (unpaired) electrons. The van der Waals surface area contributed by atoms with Gasteiger partial charge < -0.3 is 9.84 Å². The summed E-state index contributed by atoms with van der Waals surface area (Å²) in [6.45, 7) is 0.0490. The number of phenols is 1. The maximum Gasteiger partial charge on any atom is 0.411 e. The molecule has 6 heteroatoms. The smallest absolute Gasteiger partial charge is 0.411 e. The minimum Gasteiger partial charge on any atom is -0.507 e. The third kappa shape index (κ3) is 4.40. The Hall–Kier alpha value is -4.97. The average molecular weight is 476 g/mol. The molecular formula is C30H21NO5. The summed E-state index contributed by atoms with van der Waals surface area (Å²) < 4.78 is 5.30. The summed E-state index contributed by atoms with van der Waals surface area (Å²) in [5.74, 6) is -0.724. The first-order valence-electron chi connectivity index (χ1n) is 11.3. The predicted octanol–water partition coefficient (Wildman–Crippen LogP) is 6.49. The Labute approximate surface area is 206 Å². The number of ether oxygens (including phenoxy) is 1. The molecule has 0 fully saturated rings. The van der Waals surface area contributed by atoms with Crippen LogP contribution in [0.3, 0.4) is 0 Å². The van der Waals surface area contributed by atoms with Gasteiger partial charge in [-0.05, 0) is 45.3 Å². The number of rotatable bonds is 6. The highest BCUT2D eigenvalue weighted by atomic mass is 16.5. The van der Waals surface area contributed by atoms with Crippen LogP contribution in [0.15, 0.2) is 97.1 Å². The second-order valence-corrected chi connectivity index (χ2v) is 8.28. The minimum absolute atomic E-state index is 0.00270. The Morgan fingerprint density at radius 3 is 2.17 bits per heavy atom. The molecule has 0 unspecified atom stereocenters. The lowest BCUT2D eigenvalue weighted by molar-refractivity contribution is 0.102. The van der Waals surface area contributed by atoms with Crippen LogP contribution in [0, 0.1) is 0 Å². The van der Waals surface area contributed by atoms with Crippen molar-refractivity contribution in [2.24, 2.45) is 0 Å². The summed E-state index contributed by atoms with van der Waals surface area (Å²) in [6, 6.07) is 28.4. The van der Waals surface area contributed by atoms with E-state index < -0.39 is 11.9 Å². The summed E-state index contributed by atoms with van der Waals surface area (Å²) in [4.78, 5) is 38.6. The van der Waals surface area contributed by atoms with Crippen molar-refractivity contribution in [1.29, 1.82) is 0 Å². The number of phenolic OH excluding ortho intramolecular Hbond substituents is 1. The Bertz CT molecular complexity index is 1630. The van der Waals surface area contributed by atoms with Crippen molar-refractivity contribution in [2.75, 3.05) is 5.32 Å². The van der Waals surface area contributed by atoms with E-state index in [4.69, 9.17) is 4.74 Å². The lowest BCUT2D eigenvalue weighted by Gasteiger charge is -2.16. The van der Waals surface area contributed by atoms with E-state index >= 15 is 0 Å². The lowest BCUT2D eigenvalue weighted by atomic mass is 9.90. The number of fused-ring (bicyclic) bond motifs is 2. The molecule has 0 bridgehead atoms. The lowest BCUT2D eigenvalue weighted by Crippen LogP contribution is -2.17. The van der Waals surface area contributed by atoms with Crippen LogP contribution in [0.25, 0.3) is 21.5 Å². The van der Waals surface area contributed by atoms with Gasteiger partial charge in [-0.2, -0.15) is 0 Å². The van der Waals surface area contributed by atoms with E-state index in [1.165, 1.54) is 6.07 Å². The van der Waals surface area contributed by atoms with Gasteiger partial charge in [-0.3, -0.25) is 14.9 Å². The highest BCUT2D eigenvalue weighted by Crippen LogP contribution is 2.34. The predicted molar refractivity (Wildman–Crippen MR) is 139 cm³/mol. The van der Waals surface area contributed by atoms with E-state index in [0.717, 1.165) is 16.3 Å². The fourth-order valence-corrected chi connectivity index (χ4v) is 4.25. The molecule has 0 aliphatic heterocycles. The second-order valence-electron chi connectivity index (χ2n) is 8.28. The number of aromatic hydroxyl groups is 1. The fraction of sp³-hybridized carbons (Fsp3) is 0.0333. The van der Waals surface area contributed by atoms with Crippen molar-refractivity contribution in [1.82, 2.24) is 0 Å². The third-order valence-corrected chi connectivity index (χ3v) is 5.99. The number of ketones is 1. The molecule has 5 aromatic rings. The number of hydrogen-bond acceptors (Lipinski definition) is 5. The van der Waals surface area contributed by atoms with Crippen LogP contribution < -0.4 is 5.32 Å². The van der Waals surface area contributed by atoms with E-state index in [-0.39, 0.29) is 34.7 Å². The molecule has 1 amide bonds. The van der Waals surface area contributed by atoms with Crippen LogP contribution in [0.5, 0.6) is 5.75 Å². The van der Waals surface area contributed by atoms with E-state index in [9.17, 15) is 19.5 Å². The quantitative estimate of drug-likeness (QED) is 0.216. The van der Waals surface area contributed by atoms with Gasteiger partial charge in [0.15, 0.2) is 12.1 Å². The Morgan fingerprint density at radius 1 is 0.806 bits per heavy atom. The van der Waals surface area contributed by atoms with Crippen LogP contribution in [-0.2, 0) is 11.3 Å². The number of carbonyl (C=O) groups excluding carboxylic acids is 3. The monoisotopic (exact) mass is 475 g/mol. The van der Waals surface area contributed by atoms with Gasteiger partial charge in [-0.1, -0.05) is 78.9 Å². The van der Waals surface area contributed by atoms with E-state index in [2.05, 4.69) is 5.32 Å². The van der Waals surface area contributed by atoms with Gasteiger partial charge >= 0.3 is 6.09 Å². The largest absolute Gasteiger partial charge is 0.507 e. The van der Waals surface area contributed by atoms with Crippen molar-refractivity contribution >= 4 is 45.4 Å². The standard InChI is InChI=1S/C30H21NO5/c32-17-25-26(31-30(35)36-18-19-8-2-1-3-9-19)15-22-12-6-7-13-23(22)28(25)29(34)24-14-20-10-4-5-11-21(20)16-27(24)33/h1-17,33H,18H2,(H,31,35). The maximum absolute atomic E-state index is 13.8. The molecule has 5 aromatic carbocycles. The van der Waals surface area contributed by atoms with Gasteiger partial charge in [0, 0.05) is 11.1 Å². The van der Waals surface area contributed by atoms with E-state index in [1.807, 2.05) is 54.6 Å². The van der Waals surface area contributed by atoms with Crippen molar-refractivity contribution in [3.05, 3.63) is 119 Å². The number of aldehydes is 1. The van der Waals surface area contributed by atoms with Gasteiger partial charge in [-0.15, -0.1) is 0 Å². The number of anilines is 1. The summed E-state index contributed by atoms with van der Waals surface area (Å²) in [5.41, 5.74) is 1.11. The molecule has 0 aliphatic carbocycles. The first-order chi connectivity index (χ1) is 17.5. The molecule has 0 heterocycles. The summed E-state index contributed by atoms with van der Waals surface area (Å²) >= 11 is 0. The number of carbonyl (C=O) groups is 3. The molecule has 2 N–H and O–H groups in total. The second kappa shape index (κ2) is 9.72. The van der Waals surface area contributed by atoms with Gasteiger partial charge in [0.2, 0.25) is 0 Å². The maximum atomic E-state index is 13.8. The Kier molecular flexibility index (Phi) is 6.16. The molecule has 36 heavy (non-hydrogen) atoms. The van der Waals surface area contributed by atoms with E-state index in [1.54, 1.807) is 36.4 Å². The molecule has 0 atom stereocenters. The summed E-state index contributed by atoms with van der Waals surface area (Å²) in [7, 11) is 0. The normalized spacial score (nSPS) is 10.8. The van der Waals surface area contributed by atoms with Gasteiger partial charge in [0.05, 0.1) is 11.3 Å². The molecule has 176 valence electrons. The summed E-state index contributed by atoms with van der Waals surface area (Å²) in [6.07, 6.45) is -0.228. The van der Waals surface area contributed by atoms with Crippen LogP contribution in [-0.4, -0.2) is 23.3 Å². The topological polar surface area (TPSA) is 92.7 Å². The highest BCUT2D eigenvalue weighted by Gasteiger charge is 2.24. The number of amides is 1. The van der Waals surface area contributed by atoms with Gasteiger partial charge in [-0.25, -0.2) is 4.79 Å². The van der Waals surface area contributed by atoms with Crippen LogP contribution in [0.2, 0.25) is 0 Å². The SMILES string of the molecule is O=Cc1c(NC(=O)OCc2ccccc2)cc2ccccc2c1C(=O)c1cc2ccccc2cc1O. The minimum atomic E-state index is -0.760. The zero-order chi connectivity index (χ0) is 25.1. The van der Waals surface area contributed by atoms with Crippen molar-refractivity contribution in [3.8, 4) is 5.75 Å². The number of nitrogens with one attached hydrogen (secondary N) is 1. The molecule has 0 spiro atoms. The molecule has 0 aromatic heterocycles. The van der Waals surface area contributed by atoms with Gasteiger partial charge in [0.1, 0.15) is 12.4 Å².